The summed E-state index contributed by atoms with van der Waals surface area (Å²) in [4.78, 5) is 22.2. The molecule has 0 spiro atoms. The fraction of sp³-hybridized carbons (Fsp3) is 0.0800. The fourth-order valence-electron chi connectivity index (χ4n) is 3.29. The lowest BCUT2D eigenvalue weighted by Crippen LogP contribution is -2.04. The van der Waals surface area contributed by atoms with Crippen LogP contribution in [0.5, 0.6) is 11.5 Å². The number of Topliss-reactive ketones (excluding diaryl/α,β-unsaturated/α-hetero) is 1. The van der Waals surface area contributed by atoms with E-state index in [0.29, 0.717) is 22.2 Å². The molecule has 0 aliphatic carbocycles. The number of ketones is 1. The molecule has 0 unspecified atom stereocenters. The van der Waals surface area contributed by atoms with Gasteiger partial charge in [0.1, 0.15) is 0 Å². The molecular formula is C25H18N2O3S. The lowest BCUT2D eigenvalue weighted by atomic mass is 10.1. The number of rotatable bonds is 6. The van der Waals surface area contributed by atoms with Crippen LogP contribution in [0.3, 0.4) is 0 Å². The van der Waals surface area contributed by atoms with Gasteiger partial charge in [0.15, 0.2) is 22.4 Å². The summed E-state index contributed by atoms with van der Waals surface area (Å²) in [5.74, 6) is 1.48. The van der Waals surface area contributed by atoms with E-state index < -0.39 is 0 Å². The Morgan fingerprint density at radius 1 is 0.774 bits per heavy atom. The number of fused-ring (bicyclic) bond motifs is 1. The number of benzene rings is 3. The molecular weight excluding hydrogens is 408 g/mol. The number of carbonyl (C=O) groups excluding carboxylic acids is 1. The number of aromatic nitrogens is 2. The van der Waals surface area contributed by atoms with Gasteiger partial charge in [-0.2, -0.15) is 0 Å². The molecule has 2 heterocycles. The summed E-state index contributed by atoms with van der Waals surface area (Å²) >= 11 is 1.33. The van der Waals surface area contributed by atoms with Crippen LogP contribution >= 0.6 is 11.8 Å². The molecule has 0 amide bonds. The smallest absolute Gasteiger partial charge is 0.231 e. The molecule has 0 saturated carbocycles. The molecule has 0 atom stereocenters. The van der Waals surface area contributed by atoms with Crippen LogP contribution in [0.4, 0.5) is 0 Å². The Bertz CT molecular complexity index is 1170. The van der Waals surface area contributed by atoms with E-state index in [1.165, 1.54) is 11.8 Å². The standard InChI is InChI=1S/C25H18N2O3S/c28-22(19-11-12-23-24(13-19)30-16-29-23)15-31-25-26-20(17-7-3-1-4-8-17)14-21(27-25)18-9-5-2-6-10-18/h1-14H,15-16H2. The summed E-state index contributed by atoms with van der Waals surface area (Å²) in [6, 6.07) is 27.2. The maximum absolute atomic E-state index is 12.8. The summed E-state index contributed by atoms with van der Waals surface area (Å²) in [6.07, 6.45) is 0. The van der Waals surface area contributed by atoms with Crippen molar-refractivity contribution in [2.45, 2.75) is 5.16 Å². The van der Waals surface area contributed by atoms with E-state index >= 15 is 0 Å². The van der Waals surface area contributed by atoms with E-state index in [1.807, 2.05) is 66.7 Å². The lowest BCUT2D eigenvalue weighted by molar-refractivity contribution is 0.102. The summed E-state index contributed by atoms with van der Waals surface area (Å²) in [5.41, 5.74) is 4.25. The van der Waals surface area contributed by atoms with E-state index in [4.69, 9.17) is 19.4 Å². The molecule has 0 bridgehead atoms. The molecule has 0 fully saturated rings. The molecule has 6 heteroatoms. The van der Waals surface area contributed by atoms with Gasteiger partial charge in [0.2, 0.25) is 6.79 Å². The number of thioether (sulfide) groups is 1. The summed E-state index contributed by atoms with van der Waals surface area (Å²) < 4.78 is 10.7. The van der Waals surface area contributed by atoms with Crippen LogP contribution in [0.2, 0.25) is 0 Å². The zero-order chi connectivity index (χ0) is 21.0. The third-order valence-electron chi connectivity index (χ3n) is 4.87. The molecule has 4 aromatic rings. The largest absolute Gasteiger partial charge is 0.454 e. The summed E-state index contributed by atoms with van der Waals surface area (Å²) in [5, 5.41) is 0.564. The molecule has 31 heavy (non-hydrogen) atoms. The molecule has 5 nitrogen and oxygen atoms in total. The number of hydrogen-bond acceptors (Lipinski definition) is 6. The second kappa shape index (κ2) is 8.62. The third-order valence-corrected chi connectivity index (χ3v) is 5.72. The van der Waals surface area contributed by atoms with Gasteiger partial charge in [-0.3, -0.25) is 4.79 Å². The van der Waals surface area contributed by atoms with Crippen molar-refractivity contribution in [3.63, 3.8) is 0 Å². The predicted molar refractivity (Wildman–Crippen MR) is 121 cm³/mol. The van der Waals surface area contributed by atoms with Crippen LogP contribution in [-0.4, -0.2) is 28.3 Å². The molecule has 152 valence electrons. The van der Waals surface area contributed by atoms with E-state index in [0.717, 1.165) is 22.5 Å². The highest BCUT2D eigenvalue weighted by Crippen LogP contribution is 2.33. The Morgan fingerprint density at radius 2 is 1.39 bits per heavy atom. The first kappa shape index (κ1) is 19.3. The van der Waals surface area contributed by atoms with Gasteiger partial charge in [0.25, 0.3) is 0 Å². The van der Waals surface area contributed by atoms with Gasteiger partial charge in [-0.1, -0.05) is 72.4 Å². The van der Waals surface area contributed by atoms with Crippen LogP contribution < -0.4 is 9.47 Å². The molecule has 1 aromatic heterocycles. The molecule has 1 aliphatic heterocycles. The van der Waals surface area contributed by atoms with Crippen molar-refractivity contribution in [2.24, 2.45) is 0 Å². The van der Waals surface area contributed by atoms with Gasteiger partial charge in [0.05, 0.1) is 17.1 Å². The third kappa shape index (κ3) is 4.29. The number of hydrogen-bond donors (Lipinski definition) is 0. The minimum atomic E-state index is -0.0155. The van der Waals surface area contributed by atoms with Crippen LogP contribution in [0.1, 0.15) is 10.4 Å². The van der Waals surface area contributed by atoms with Crippen LogP contribution in [-0.2, 0) is 0 Å². The minimum absolute atomic E-state index is 0.0155. The van der Waals surface area contributed by atoms with Gasteiger partial charge < -0.3 is 9.47 Å². The van der Waals surface area contributed by atoms with Crippen LogP contribution in [0.15, 0.2) is 90.1 Å². The Morgan fingerprint density at radius 3 is 2.03 bits per heavy atom. The minimum Gasteiger partial charge on any atom is -0.454 e. The first-order valence-electron chi connectivity index (χ1n) is 9.82. The zero-order valence-electron chi connectivity index (χ0n) is 16.5. The molecule has 0 N–H and O–H groups in total. The first-order valence-corrected chi connectivity index (χ1v) is 10.8. The van der Waals surface area contributed by atoms with Gasteiger partial charge >= 0.3 is 0 Å². The predicted octanol–water partition coefficient (Wildman–Crippen LogP) is 5.51. The highest BCUT2D eigenvalue weighted by Gasteiger charge is 2.17. The summed E-state index contributed by atoms with van der Waals surface area (Å²) in [7, 11) is 0. The Kier molecular flexibility index (Phi) is 5.37. The first-order chi connectivity index (χ1) is 15.3. The average Bonchev–Trinajstić information content (AvgIpc) is 3.31. The second-order valence-corrected chi connectivity index (χ2v) is 7.88. The fourth-order valence-corrected chi connectivity index (χ4v) is 4.04. The normalized spacial score (nSPS) is 12.0. The molecule has 0 radical (unpaired) electrons. The zero-order valence-corrected chi connectivity index (χ0v) is 17.3. The Hall–Kier alpha value is -3.64. The quantitative estimate of drug-likeness (QED) is 0.230. The highest BCUT2D eigenvalue weighted by atomic mass is 32.2. The molecule has 5 rings (SSSR count). The van der Waals surface area contributed by atoms with E-state index in [2.05, 4.69) is 0 Å². The van der Waals surface area contributed by atoms with Gasteiger partial charge in [0, 0.05) is 16.7 Å². The monoisotopic (exact) mass is 426 g/mol. The number of nitrogens with zero attached hydrogens (tertiary/aromatic N) is 2. The maximum Gasteiger partial charge on any atom is 0.231 e. The van der Waals surface area contributed by atoms with Crippen molar-refractivity contribution in [3.8, 4) is 34.0 Å². The summed E-state index contributed by atoms with van der Waals surface area (Å²) in [6.45, 7) is 0.185. The molecule has 3 aromatic carbocycles. The van der Waals surface area contributed by atoms with Crippen molar-refractivity contribution in [2.75, 3.05) is 12.5 Å². The van der Waals surface area contributed by atoms with Crippen LogP contribution in [0.25, 0.3) is 22.5 Å². The second-order valence-electron chi connectivity index (χ2n) is 6.93. The van der Waals surface area contributed by atoms with Crippen molar-refractivity contribution in [3.05, 3.63) is 90.5 Å². The topological polar surface area (TPSA) is 61.3 Å². The Balaban J connectivity index is 1.42. The van der Waals surface area contributed by atoms with Crippen molar-refractivity contribution in [1.82, 2.24) is 9.97 Å². The van der Waals surface area contributed by atoms with Crippen molar-refractivity contribution < 1.29 is 14.3 Å². The number of ether oxygens (including phenoxy) is 2. The lowest BCUT2D eigenvalue weighted by Gasteiger charge is -2.09. The van der Waals surface area contributed by atoms with E-state index in [1.54, 1.807) is 18.2 Å². The van der Waals surface area contributed by atoms with Crippen LogP contribution in [0, 0.1) is 0 Å². The molecule has 0 saturated heterocycles. The number of carbonyl (C=O) groups is 1. The average molecular weight is 426 g/mol. The maximum atomic E-state index is 12.8. The van der Waals surface area contributed by atoms with Gasteiger partial charge in [-0.05, 0) is 24.3 Å². The van der Waals surface area contributed by atoms with E-state index in [9.17, 15) is 4.79 Å². The SMILES string of the molecule is O=C(CSc1nc(-c2ccccc2)cc(-c2ccccc2)n1)c1ccc2c(c1)OCO2. The van der Waals surface area contributed by atoms with Crippen molar-refractivity contribution >= 4 is 17.5 Å². The highest BCUT2D eigenvalue weighted by molar-refractivity contribution is 7.99. The van der Waals surface area contributed by atoms with Gasteiger partial charge in [-0.15, -0.1) is 0 Å². The Labute approximate surface area is 184 Å². The molecule has 1 aliphatic rings. The van der Waals surface area contributed by atoms with E-state index in [-0.39, 0.29) is 18.3 Å². The van der Waals surface area contributed by atoms with Gasteiger partial charge in [-0.25, -0.2) is 9.97 Å². The van der Waals surface area contributed by atoms with Crippen molar-refractivity contribution in [1.29, 1.82) is 0 Å².